The third kappa shape index (κ3) is 0.834. The molecule has 3 saturated carbocycles. The lowest BCUT2D eigenvalue weighted by Gasteiger charge is -2.23. The molecule has 3 aliphatic rings. The smallest absolute Gasteiger partial charge is 0.0459 e. The standard InChI is InChI=1S/C11H18O/c12-6-7-3-10-8-1-2-9(5-8)11(10)4-7/h7-12H,1-6H2/t7?,8-,9+,10-,11+. The average molecular weight is 166 g/mol. The second kappa shape index (κ2) is 2.47. The van der Waals surface area contributed by atoms with E-state index in [0.717, 1.165) is 23.7 Å². The van der Waals surface area contributed by atoms with Gasteiger partial charge >= 0.3 is 0 Å². The molecule has 1 N–H and O–H groups in total. The van der Waals surface area contributed by atoms with Crippen LogP contribution in [0.25, 0.3) is 0 Å². The van der Waals surface area contributed by atoms with E-state index >= 15 is 0 Å². The molecule has 0 radical (unpaired) electrons. The molecule has 3 aliphatic carbocycles. The molecule has 1 heteroatoms. The molecule has 3 rings (SSSR count). The summed E-state index contributed by atoms with van der Waals surface area (Å²) in [4.78, 5) is 0. The van der Waals surface area contributed by atoms with Gasteiger partial charge in [0, 0.05) is 6.61 Å². The molecule has 12 heavy (non-hydrogen) atoms. The number of hydrogen-bond acceptors (Lipinski definition) is 1. The van der Waals surface area contributed by atoms with E-state index in [-0.39, 0.29) is 0 Å². The SMILES string of the molecule is OCC1C[C@@H]2[C@@H]3CC[C@@H](C3)[C@@H]2C1. The van der Waals surface area contributed by atoms with Crippen molar-refractivity contribution < 1.29 is 5.11 Å². The molecular formula is C11H18O. The number of fused-ring (bicyclic) bond motifs is 5. The van der Waals surface area contributed by atoms with Crippen molar-refractivity contribution in [2.45, 2.75) is 32.1 Å². The Morgan fingerprint density at radius 2 is 1.50 bits per heavy atom. The predicted molar refractivity (Wildman–Crippen MR) is 47.6 cm³/mol. The molecule has 0 aliphatic heterocycles. The summed E-state index contributed by atoms with van der Waals surface area (Å²) in [5.74, 6) is 4.86. The van der Waals surface area contributed by atoms with Gasteiger partial charge in [-0.15, -0.1) is 0 Å². The van der Waals surface area contributed by atoms with Crippen LogP contribution in [0.1, 0.15) is 32.1 Å². The Morgan fingerprint density at radius 3 is 2.00 bits per heavy atom. The van der Waals surface area contributed by atoms with E-state index in [2.05, 4.69) is 0 Å². The van der Waals surface area contributed by atoms with E-state index in [1.165, 1.54) is 32.1 Å². The van der Waals surface area contributed by atoms with Gasteiger partial charge in [-0.2, -0.15) is 0 Å². The lowest BCUT2D eigenvalue weighted by atomic mass is 9.82. The van der Waals surface area contributed by atoms with Crippen molar-refractivity contribution in [3.05, 3.63) is 0 Å². The Balaban J connectivity index is 1.78. The van der Waals surface area contributed by atoms with Gasteiger partial charge in [-0.25, -0.2) is 0 Å². The van der Waals surface area contributed by atoms with Crippen LogP contribution in [0.5, 0.6) is 0 Å². The summed E-state index contributed by atoms with van der Waals surface area (Å²) >= 11 is 0. The molecule has 1 nitrogen and oxygen atoms in total. The van der Waals surface area contributed by atoms with Crippen molar-refractivity contribution in [1.82, 2.24) is 0 Å². The fourth-order valence-corrected chi connectivity index (χ4v) is 4.28. The van der Waals surface area contributed by atoms with Crippen LogP contribution >= 0.6 is 0 Å². The van der Waals surface area contributed by atoms with E-state index in [4.69, 9.17) is 5.11 Å². The summed E-state index contributed by atoms with van der Waals surface area (Å²) in [5, 5.41) is 9.11. The second-order valence-electron chi connectivity index (χ2n) is 5.18. The first-order chi connectivity index (χ1) is 5.88. The topological polar surface area (TPSA) is 20.2 Å². The van der Waals surface area contributed by atoms with E-state index in [0.29, 0.717) is 12.5 Å². The lowest BCUT2D eigenvalue weighted by molar-refractivity contribution is 0.218. The summed E-state index contributed by atoms with van der Waals surface area (Å²) in [6.07, 6.45) is 7.24. The molecule has 68 valence electrons. The Kier molecular flexibility index (Phi) is 1.52. The van der Waals surface area contributed by atoms with Crippen LogP contribution in [0.15, 0.2) is 0 Å². The highest BCUT2D eigenvalue weighted by Gasteiger charge is 2.51. The zero-order chi connectivity index (χ0) is 8.13. The van der Waals surface area contributed by atoms with Gasteiger partial charge in [0.15, 0.2) is 0 Å². The Hall–Kier alpha value is -0.0400. The largest absolute Gasteiger partial charge is 0.396 e. The quantitative estimate of drug-likeness (QED) is 0.632. The van der Waals surface area contributed by atoms with E-state index < -0.39 is 0 Å². The fourth-order valence-electron chi connectivity index (χ4n) is 4.28. The van der Waals surface area contributed by atoms with E-state index in [9.17, 15) is 0 Å². The third-order valence-corrected chi connectivity index (χ3v) is 4.74. The number of rotatable bonds is 1. The summed E-state index contributed by atoms with van der Waals surface area (Å²) in [6.45, 7) is 0.451. The van der Waals surface area contributed by atoms with Crippen LogP contribution in [0.3, 0.4) is 0 Å². The van der Waals surface area contributed by atoms with Gasteiger partial charge in [-0.3, -0.25) is 0 Å². The predicted octanol–water partition coefficient (Wildman–Crippen LogP) is 2.05. The molecule has 0 amide bonds. The lowest BCUT2D eigenvalue weighted by Crippen LogP contribution is -2.15. The summed E-state index contributed by atoms with van der Waals surface area (Å²) in [6, 6.07) is 0. The monoisotopic (exact) mass is 166 g/mol. The van der Waals surface area contributed by atoms with Crippen molar-refractivity contribution in [3.63, 3.8) is 0 Å². The maximum absolute atomic E-state index is 9.11. The molecule has 0 saturated heterocycles. The normalized spacial score (nSPS) is 56.2. The van der Waals surface area contributed by atoms with Gasteiger partial charge in [-0.1, -0.05) is 0 Å². The summed E-state index contributed by atoms with van der Waals surface area (Å²) in [7, 11) is 0. The van der Waals surface area contributed by atoms with Crippen LogP contribution in [0, 0.1) is 29.6 Å². The highest BCUT2D eigenvalue weighted by atomic mass is 16.3. The maximum atomic E-state index is 9.11. The highest BCUT2D eigenvalue weighted by Crippen LogP contribution is 2.59. The van der Waals surface area contributed by atoms with Crippen LogP contribution in [-0.2, 0) is 0 Å². The van der Waals surface area contributed by atoms with E-state index in [1.807, 2.05) is 0 Å². The Labute approximate surface area is 74.2 Å². The maximum Gasteiger partial charge on any atom is 0.0459 e. The van der Waals surface area contributed by atoms with Gasteiger partial charge in [0.2, 0.25) is 0 Å². The van der Waals surface area contributed by atoms with Crippen LogP contribution < -0.4 is 0 Å². The minimum Gasteiger partial charge on any atom is -0.396 e. The van der Waals surface area contributed by atoms with Crippen molar-refractivity contribution >= 4 is 0 Å². The Bertz CT molecular complexity index is 171. The minimum atomic E-state index is 0.451. The molecule has 0 aromatic rings. The second-order valence-corrected chi connectivity index (χ2v) is 5.18. The molecule has 1 unspecified atom stereocenters. The number of hydrogen-bond donors (Lipinski definition) is 1. The van der Waals surface area contributed by atoms with Gasteiger partial charge in [0.25, 0.3) is 0 Å². The third-order valence-electron chi connectivity index (χ3n) is 4.74. The summed E-state index contributed by atoms with van der Waals surface area (Å²) < 4.78 is 0. The van der Waals surface area contributed by atoms with Crippen LogP contribution in [0.2, 0.25) is 0 Å². The number of aliphatic hydroxyl groups is 1. The molecule has 0 heterocycles. The zero-order valence-electron chi connectivity index (χ0n) is 7.58. The molecule has 2 bridgehead atoms. The van der Waals surface area contributed by atoms with Crippen molar-refractivity contribution in [2.24, 2.45) is 29.6 Å². The highest BCUT2D eigenvalue weighted by molar-refractivity contribution is 5.01. The zero-order valence-corrected chi connectivity index (χ0v) is 7.58. The first-order valence-electron chi connectivity index (χ1n) is 5.49. The molecule has 5 atom stereocenters. The average Bonchev–Trinajstić information content (AvgIpc) is 2.75. The van der Waals surface area contributed by atoms with Gasteiger partial charge < -0.3 is 5.11 Å². The van der Waals surface area contributed by atoms with Crippen molar-refractivity contribution in [2.75, 3.05) is 6.61 Å². The molecule has 3 fully saturated rings. The molecule has 0 aromatic carbocycles. The first-order valence-corrected chi connectivity index (χ1v) is 5.49. The molecule has 0 aromatic heterocycles. The van der Waals surface area contributed by atoms with Crippen LogP contribution in [-0.4, -0.2) is 11.7 Å². The number of aliphatic hydroxyl groups excluding tert-OH is 1. The Morgan fingerprint density at radius 1 is 0.917 bits per heavy atom. The van der Waals surface area contributed by atoms with Crippen LogP contribution in [0.4, 0.5) is 0 Å². The minimum absolute atomic E-state index is 0.451. The van der Waals surface area contributed by atoms with Gasteiger partial charge in [-0.05, 0) is 61.7 Å². The van der Waals surface area contributed by atoms with Crippen molar-refractivity contribution in [3.8, 4) is 0 Å². The van der Waals surface area contributed by atoms with E-state index in [1.54, 1.807) is 0 Å². The van der Waals surface area contributed by atoms with Gasteiger partial charge in [0.05, 0.1) is 0 Å². The van der Waals surface area contributed by atoms with Gasteiger partial charge in [0.1, 0.15) is 0 Å². The molecule has 0 spiro atoms. The van der Waals surface area contributed by atoms with Crippen molar-refractivity contribution in [1.29, 1.82) is 0 Å². The fraction of sp³-hybridized carbons (Fsp3) is 1.00. The molecular weight excluding hydrogens is 148 g/mol. The first kappa shape index (κ1) is 7.37. The summed E-state index contributed by atoms with van der Waals surface area (Å²) in [5.41, 5.74) is 0.